The lowest BCUT2D eigenvalue weighted by atomic mass is 9.91. The number of anilines is 1. The zero-order valence-electron chi connectivity index (χ0n) is 16.9. The molecule has 4 rings (SSSR count). The molecule has 2 aliphatic heterocycles. The quantitative estimate of drug-likeness (QED) is 0.607. The molecular formula is C22H24Cl3N4O+. The van der Waals surface area contributed by atoms with Crippen molar-refractivity contribution in [2.75, 3.05) is 25.1 Å². The molecule has 0 aliphatic carbocycles. The van der Waals surface area contributed by atoms with E-state index in [0.29, 0.717) is 31.1 Å². The molecule has 1 amide bonds. The Balaban J connectivity index is 1.72. The summed E-state index contributed by atoms with van der Waals surface area (Å²) in [5.41, 5.74) is 5.37. The van der Waals surface area contributed by atoms with Crippen LogP contribution in [-0.2, 0) is 4.79 Å². The first-order valence-electron chi connectivity index (χ1n) is 10.0. The van der Waals surface area contributed by atoms with Gasteiger partial charge in [0.1, 0.15) is 18.8 Å². The first-order chi connectivity index (χ1) is 14.3. The number of hydrogen-bond donors (Lipinski definition) is 1. The van der Waals surface area contributed by atoms with E-state index in [1.54, 1.807) is 12.1 Å². The Hall–Kier alpha value is -1.79. The Bertz CT molecular complexity index is 986. The van der Waals surface area contributed by atoms with Gasteiger partial charge in [0.2, 0.25) is 0 Å². The van der Waals surface area contributed by atoms with Gasteiger partial charge in [-0.2, -0.15) is 10.5 Å². The van der Waals surface area contributed by atoms with Gasteiger partial charge in [0.25, 0.3) is 0 Å². The maximum Gasteiger partial charge on any atom is 0.312 e. The number of halogens is 3. The highest BCUT2D eigenvalue weighted by Crippen LogP contribution is 2.42. The van der Waals surface area contributed by atoms with Gasteiger partial charge in [-0.1, -0.05) is 53.9 Å². The molecule has 2 heterocycles. The number of carbonyl (C=O) groups excluding carboxylic acids is 1. The van der Waals surface area contributed by atoms with Crippen LogP contribution < -0.4 is 10.4 Å². The lowest BCUT2D eigenvalue weighted by Crippen LogP contribution is -2.57. The van der Waals surface area contributed by atoms with E-state index in [0.717, 1.165) is 31.5 Å². The van der Waals surface area contributed by atoms with Crippen molar-refractivity contribution >= 4 is 52.1 Å². The van der Waals surface area contributed by atoms with E-state index < -0.39 is 0 Å². The molecule has 0 aromatic heterocycles. The Morgan fingerprint density at radius 3 is 2.33 bits per heavy atom. The summed E-state index contributed by atoms with van der Waals surface area (Å²) in [5.74, 6) is -0.287. The molecule has 2 aromatic rings. The van der Waals surface area contributed by atoms with Crippen LogP contribution in [0.5, 0.6) is 0 Å². The van der Waals surface area contributed by atoms with E-state index in [1.807, 2.05) is 42.3 Å². The number of hydrazone groups is 1. The molecule has 1 N–H and O–H groups in total. The fraction of sp³-hybridized carbons (Fsp3) is 0.364. The van der Waals surface area contributed by atoms with Gasteiger partial charge in [0, 0.05) is 28.8 Å². The van der Waals surface area contributed by atoms with Crippen LogP contribution in [0.2, 0.25) is 15.1 Å². The zero-order valence-corrected chi connectivity index (χ0v) is 19.2. The molecule has 0 bridgehead atoms. The maximum absolute atomic E-state index is 13.2. The van der Waals surface area contributed by atoms with Crippen LogP contribution in [0, 0.1) is 5.92 Å². The third-order valence-electron chi connectivity index (χ3n) is 5.91. The van der Waals surface area contributed by atoms with E-state index in [2.05, 4.69) is 12.5 Å². The van der Waals surface area contributed by atoms with Gasteiger partial charge in [0.05, 0.1) is 23.8 Å². The van der Waals surface area contributed by atoms with Crippen molar-refractivity contribution in [3.8, 4) is 0 Å². The second kappa shape index (κ2) is 8.39. The molecule has 0 saturated carbocycles. The molecule has 30 heavy (non-hydrogen) atoms. The minimum absolute atomic E-state index is 0.140. The predicted octanol–water partition coefficient (Wildman–Crippen LogP) is 5.47. The molecule has 158 valence electrons. The SMILES string of the molecule is C[C@H]1C(C(=O)N[N+]2(C)CCCC2)=NN(c2ccc(Cl)cc2Cl)[C@@H]1c1ccc(Cl)cc1. The number of carbonyl (C=O) groups is 1. The molecule has 8 heteroatoms. The van der Waals surface area contributed by atoms with Crippen molar-refractivity contribution in [1.29, 1.82) is 0 Å². The highest BCUT2D eigenvalue weighted by atomic mass is 35.5. The molecule has 1 saturated heterocycles. The Morgan fingerprint density at radius 1 is 1.07 bits per heavy atom. The van der Waals surface area contributed by atoms with Crippen molar-refractivity contribution in [1.82, 2.24) is 5.43 Å². The maximum atomic E-state index is 13.2. The summed E-state index contributed by atoms with van der Waals surface area (Å²) in [6.07, 6.45) is 2.22. The van der Waals surface area contributed by atoms with Crippen molar-refractivity contribution in [3.63, 3.8) is 0 Å². The van der Waals surface area contributed by atoms with Gasteiger partial charge in [0.15, 0.2) is 0 Å². The lowest BCUT2D eigenvalue weighted by molar-refractivity contribution is -0.931. The van der Waals surface area contributed by atoms with Gasteiger partial charge >= 0.3 is 5.91 Å². The molecule has 0 radical (unpaired) electrons. The third-order valence-corrected chi connectivity index (χ3v) is 6.70. The minimum Gasteiger partial charge on any atom is -0.263 e. The molecule has 0 unspecified atom stereocenters. The smallest absolute Gasteiger partial charge is 0.263 e. The average Bonchev–Trinajstić information content (AvgIpc) is 3.26. The van der Waals surface area contributed by atoms with Crippen LogP contribution in [-0.4, -0.2) is 36.3 Å². The zero-order chi connectivity index (χ0) is 21.5. The molecule has 2 atom stereocenters. The van der Waals surface area contributed by atoms with E-state index in [1.165, 1.54) is 0 Å². The number of nitrogens with zero attached hydrogens (tertiary/aromatic N) is 3. The Kier molecular flexibility index (Phi) is 5.99. The first-order valence-corrected chi connectivity index (χ1v) is 11.2. The normalized spacial score (nSPS) is 22.8. The van der Waals surface area contributed by atoms with Gasteiger partial charge in [-0.3, -0.25) is 9.80 Å². The third kappa shape index (κ3) is 4.17. The minimum atomic E-state index is -0.189. The van der Waals surface area contributed by atoms with Crippen LogP contribution in [0.3, 0.4) is 0 Å². The largest absolute Gasteiger partial charge is 0.312 e. The van der Waals surface area contributed by atoms with E-state index >= 15 is 0 Å². The molecule has 5 nitrogen and oxygen atoms in total. The molecular weight excluding hydrogens is 443 g/mol. The van der Waals surface area contributed by atoms with E-state index in [-0.39, 0.29) is 17.9 Å². The van der Waals surface area contributed by atoms with Crippen molar-refractivity contribution in [3.05, 3.63) is 63.1 Å². The number of quaternary nitrogens is 1. The second-order valence-corrected chi connectivity index (χ2v) is 9.48. The number of nitrogens with one attached hydrogen (secondary N) is 1. The summed E-state index contributed by atoms with van der Waals surface area (Å²) in [4.78, 5) is 13.2. The van der Waals surface area contributed by atoms with Gasteiger partial charge in [-0.05, 0) is 35.9 Å². The summed E-state index contributed by atoms with van der Waals surface area (Å²) in [5, 5.41) is 8.27. The highest BCUT2D eigenvalue weighted by Gasteiger charge is 2.42. The van der Waals surface area contributed by atoms with Gasteiger partial charge < -0.3 is 0 Å². The van der Waals surface area contributed by atoms with Crippen LogP contribution in [0.25, 0.3) is 0 Å². The monoisotopic (exact) mass is 465 g/mol. The summed E-state index contributed by atoms with van der Waals surface area (Å²) in [6.45, 7) is 3.88. The molecule has 0 spiro atoms. The van der Waals surface area contributed by atoms with Crippen molar-refractivity contribution < 1.29 is 9.39 Å². The number of amides is 1. The Morgan fingerprint density at radius 2 is 1.70 bits per heavy atom. The Labute approximate surface area is 191 Å². The van der Waals surface area contributed by atoms with Gasteiger partial charge in [-0.25, -0.2) is 4.59 Å². The second-order valence-electron chi connectivity index (χ2n) is 8.20. The standard InChI is InChI=1S/C22H23Cl3N4O/c1-14-20(22(30)27-29(2)11-3-4-12-29)26-28(19-10-9-17(24)13-18(19)25)21(14)15-5-7-16(23)8-6-15/h5-10,13-14,21H,3-4,11-12H2,1-2H3/p+1/t14-,21-/m0/s1. The van der Waals surface area contributed by atoms with E-state index in [9.17, 15) is 4.79 Å². The van der Waals surface area contributed by atoms with Crippen LogP contribution in [0.1, 0.15) is 31.4 Å². The number of benzene rings is 2. The summed E-state index contributed by atoms with van der Waals surface area (Å²) in [7, 11) is 2.05. The molecule has 1 fully saturated rings. The van der Waals surface area contributed by atoms with Crippen LogP contribution in [0.15, 0.2) is 47.6 Å². The number of likely N-dealkylation sites (tertiary alicyclic amines) is 1. The fourth-order valence-electron chi connectivity index (χ4n) is 4.29. The lowest BCUT2D eigenvalue weighted by Gasteiger charge is -2.29. The topological polar surface area (TPSA) is 44.7 Å². The fourth-order valence-corrected chi connectivity index (χ4v) is 4.91. The summed E-state index contributed by atoms with van der Waals surface area (Å²) in [6, 6.07) is 12.7. The molecule has 2 aliphatic rings. The first kappa shape index (κ1) is 21.4. The molecule has 2 aromatic carbocycles. The van der Waals surface area contributed by atoms with Crippen LogP contribution >= 0.6 is 34.8 Å². The van der Waals surface area contributed by atoms with Crippen molar-refractivity contribution in [2.45, 2.75) is 25.8 Å². The summed E-state index contributed by atoms with van der Waals surface area (Å²) >= 11 is 18.7. The highest BCUT2D eigenvalue weighted by molar-refractivity contribution is 6.40. The summed E-state index contributed by atoms with van der Waals surface area (Å²) < 4.78 is 0.540. The van der Waals surface area contributed by atoms with Crippen molar-refractivity contribution in [2.24, 2.45) is 11.0 Å². The number of hydrogen-bond acceptors (Lipinski definition) is 3. The van der Waals surface area contributed by atoms with E-state index in [4.69, 9.17) is 39.9 Å². The predicted molar refractivity (Wildman–Crippen MR) is 123 cm³/mol. The van der Waals surface area contributed by atoms with Crippen LogP contribution in [0.4, 0.5) is 5.69 Å². The van der Waals surface area contributed by atoms with Gasteiger partial charge in [-0.15, -0.1) is 0 Å². The average molecular weight is 467 g/mol. The number of rotatable bonds is 4.